The first-order chi connectivity index (χ1) is 15.6. The van der Waals surface area contributed by atoms with Crippen molar-refractivity contribution in [2.75, 3.05) is 6.54 Å². The van der Waals surface area contributed by atoms with Crippen molar-refractivity contribution in [1.82, 2.24) is 4.90 Å². The molecule has 1 aliphatic heterocycles. The predicted molar refractivity (Wildman–Crippen MR) is 125 cm³/mol. The Morgan fingerprint density at radius 3 is 2.52 bits per heavy atom. The van der Waals surface area contributed by atoms with Crippen molar-refractivity contribution >= 4 is 56.6 Å². The molecule has 33 heavy (non-hydrogen) atoms. The fourth-order valence-electron chi connectivity index (χ4n) is 2.82. The molecule has 1 aliphatic rings. The molecule has 3 rings (SSSR count). The van der Waals surface area contributed by atoms with Gasteiger partial charge in [0.05, 0.1) is 20.4 Å². The van der Waals surface area contributed by atoms with Crippen molar-refractivity contribution in [2.24, 2.45) is 0 Å². The first kappa shape index (κ1) is 24.5. The van der Waals surface area contributed by atoms with Crippen molar-refractivity contribution in [1.29, 1.82) is 0 Å². The average Bonchev–Trinajstić information content (AvgIpc) is 3.00. The van der Waals surface area contributed by atoms with Gasteiger partial charge in [-0.05, 0) is 83.0 Å². The molecule has 0 aliphatic carbocycles. The third kappa shape index (κ3) is 6.42. The number of hydrogen-bond acceptors (Lipinski definition) is 8. The van der Waals surface area contributed by atoms with Crippen molar-refractivity contribution < 1.29 is 28.8 Å². The summed E-state index contributed by atoms with van der Waals surface area (Å²) in [5.41, 5.74) is 1.42. The highest BCUT2D eigenvalue weighted by atomic mass is 79.9. The van der Waals surface area contributed by atoms with Gasteiger partial charge in [0.15, 0.2) is 0 Å². The number of esters is 1. The monoisotopic (exact) mass is 534 g/mol. The van der Waals surface area contributed by atoms with Gasteiger partial charge >= 0.3 is 5.97 Å². The van der Waals surface area contributed by atoms with Gasteiger partial charge in [-0.25, -0.2) is 0 Å². The number of carbonyl (C=O) groups excluding carboxylic acids is 3. The molecular formula is C22H19BrN2O7S. The fourth-order valence-corrected chi connectivity index (χ4v) is 4.17. The molecule has 2 aromatic carbocycles. The van der Waals surface area contributed by atoms with E-state index in [2.05, 4.69) is 15.9 Å². The average molecular weight is 535 g/mol. The lowest BCUT2D eigenvalue weighted by Crippen LogP contribution is -2.35. The molecule has 0 spiro atoms. The molecule has 1 heterocycles. The number of non-ortho nitro benzene ring substituents is 1. The lowest BCUT2D eigenvalue weighted by molar-refractivity contribution is -0.384. The van der Waals surface area contributed by atoms with Crippen LogP contribution in [0.2, 0.25) is 0 Å². The van der Waals surface area contributed by atoms with Crippen LogP contribution in [0.5, 0.6) is 5.75 Å². The Morgan fingerprint density at radius 1 is 1.21 bits per heavy atom. The molecule has 0 atom stereocenters. The van der Waals surface area contributed by atoms with Gasteiger partial charge in [0.1, 0.15) is 18.9 Å². The largest absolute Gasteiger partial charge is 0.488 e. The number of nitro benzene ring substituents is 1. The van der Waals surface area contributed by atoms with Crippen LogP contribution in [0.25, 0.3) is 6.08 Å². The summed E-state index contributed by atoms with van der Waals surface area (Å²) in [7, 11) is 0. The predicted octanol–water partition coefficient (Wildman–Crippen LogP) is 4.92. The molecule has 0 aromatic heterocycles. The minimum atomic E-state index is -0.647. The molecule has 9 nitrogen and oxygen atoms in total. The first-order valence-corrected chi connectivity index (χ1v) is 11.4. The van der Waals surface area contributed by atoms with Gasteiger partial charge in [-0.2, -0.15) is 0 Å². The van der Waals surface area contributed by atoms with Crippen LogP contribution in [-0.2, 0) is 20.9 Å². The van der Waals surface area contributed by atoms with Gasteiger partial charge in [-0.15, -0.1) is 0 Å². The Kier molecular flexibility index (Phi) is 7.88. The van der Waals surface area contributed by atoms with E-state index in [1.165, 1.54) is 12.1 Å². The molecule has 2 aromatic rings. The zero-order valence-corrected chi connectivity index (χ0v) is 20.1. The van der Waals surface area contributed by atoms with E-state index in [9.17, 15) is 24.5 Å². The summed E-state index contributed by atoms with van der Waals surface area (Å²) in [6, 6.07) is 11.2. The quantitative estimate of drug-likeness (QED) is 0.202. The van der Waals surface area contributed by atoms with Crippen LogP contribution in [0.15, 0.2) is 51.8 Å². The molecule has 2 amide bonds. The highest BCUT2D eigenvalue weighted by Crippen LogP contribution is 2.34. The van der Waals surface area contributed by atoms with Crippen LogP contribution in [0.3, 0.4) is 0 Å². The Morgan fingerprint density at radius 2 is 1.91 bits per heavy atom. The van der Waals surface area contributed by atoms with Gasteiger partial charge < -0.3 is 9.47 Å². The van der Waals surface area contributed by atoms with E-state index in [-0.39, 0.29) is 23.3 Å². The van der Waals surface area contributed by atoms with Crippen LogP contribution in [-0.4, -0.2) is 39.6 Å². The summed E-state index contributed by atoms with van der Waals surface area (Å²) in [5, 5.41) is 10.2. The van der Waals surface area contributed by atoms with Crippen molar-refractivity contribution in [3.05, 3.63) is 73.1 Å². The number of benzene rings is 2. The number of imide groups is 1. The summed E-state index contributed by atoms with van der Waals surface area (Å²) in [4.78, 5) is 47.8. The smallest absolute Gasteiger partial charge is 0.326 e. The number of carbonyl (C=O) groups is 3. The Balaban J connectivity index is 1.65. The second-order valence-electron chi connectivity index (χ2n) is 7.21. The number of amides is 2. The minimum absolute atomic E-state index is 0.00510. The van der Waals surface area contributed by atoms with Crippen LogP contribution >= 0.6 is 27.7 Å². The second-order valence-corrected chi connectivity index (χ2v) is 9.06. The van der Waals surface area contributed by atoms with Crippen LogP contribution < -0.4 is 4.74 Å². The van der Waals surface area contributed by atoms with E-state index in [1.54, 1.807) is 50.3 Å². The van der Waals surface area contributed by atoms with Crippen molar-refractivity contribution in [2.45, 2.75) is 26.6 Å². The first-order valence-electron chi connectivity index (χ1n) is 9.74. The number of nitrogens with zero attached hydrogens (tertiary/aromatic N) is 2. The third-order valence-electron chi connectivity index (χ3n) is 4.32. The number of halogens is 1. The Labute approximate surface area is 202 Å². The normalized spacial score (nSPS) is 14.8. The maximum Gasteiger partial charge on any atom is 0.326 e. The maximum absolute atomic E-state index is 12.5. The topological polar surface area (TPSA) is 116 Å². The summed E-state index contributed by atoms with van der Waals surface area (Å²) in [6.45, 7) is 3.14. The van der Waals surface area contributed by atoms with E-state index >= 15 is 0 Å². The Bertz CT molecular complexity index is 1130. The van der Waals surface area contributed by atoms with Crippen LogP contribution in [0, 0.1) is 10.1 Å². The van der Waals surface area contributed by atoms with E-state index in [0.717, 1.165) is 22.2 Å². The van der Waals surface area contributed by atoms with Gasteiger partial charge in [0.25, 0.3) is 16.8 Å². The van der Waals surface area contributed by atoms with Gasteiger partial charge in [0.2, 0.25) is 0 Å². The molecule has 11 heteroatoms. The molecule has 0 bridgehead atoms. The van der Waals surface area contributed by atoms with E-state index < -0.39 is 28.6 Å². The molecule has 0 saturated carbocycles. The summed E-state index contributed by atoms with van der Waals surface area (Å²) < 4.78 is 11.4. The van der Waals surface area contributed by atoms with Crippen LogP contribution in [0.1, 0.15) is 25.0 Å². The number of hydrogen-bond donors (Lipinski definition) is 0. The SMILES string of the molecule is CC(C)OC(=O)CN1C(=O)S/C(=C/c2ccc(OCc3ccc([N+](=O)[O-])cc3)c(Br)c2)C1=O. The molecule has 172 valence electrons. The van der Waals surface area contributed by atoms with Crippen molar-refractivity contribution in [3.63, 3.8) is 0 Å². The van der Waals surface area contributed by atoms with E-state index in [1.807, 2.05) is 0 Å². The lowest BCUT2D eigenvalue weighted by atomic mass is 10.2. The second kappa shape index (κ2) is 10.6. The number of thioether (sulfide) groups is 1. The third-order valence-corrected chi connectivity index (χ3v) is 5.85. The number of ether oxygens (including phenoxy) is 2. The zero-order valence-electron chi connectivity index (χ0n) is 17.6. The van der Waals surface area contributed by atoms with Crippen LogP contribution in [0.4, 0.5) is 10.5 Å². The maximum atomic E-state index is 12.5. The molecule has 0 N–H and O–H groups in total. The molecule has 0 radical (unpaired) electrons. The fraction of sp³-hybridized carbons (Fsp3) is 0.227. The lowest BCUT2D eigenvalue weighted by Gasteiger charge is -2.13. The summed E-state index contributed by atoms with van der Waals surface area (Å²) >= 11 is 4.18. The van der Waals surface area contributed by atoms with Gasteiger partial charge in [-0.3, -0.25) is 29.4 Å². The number of nitro groups is 1. The molecule has 1 fully saturated rings. The Hall–Kier alpha value is -3.18. The standard InChI is InChI=1S/C22H19BrN2O7S/c1-13(2)32-20(26)11-24-21(27)19(33-22(24)28)10-15-5-8-18(17(23)9-15)31-12-14-3-6-16(7-4-14)25(29)30/h3-10,13H,11-12H2,1-2H3/b19-10+. The minimum Gasteiger partial charge on any atom is -0.488 e. The van der Waals surface area contributed by atoms with Gasteiger partial charge in [0, 0.05) is 12.1 Å². The molecule has 0 unspecified atom stereocenters. The van der Waals surface area contributed by atoms with Crippen molar-refractivity contribution in [3.8, 4) is 5.75 Å². The summed E-state index contributed by atoms with van der Waals surface area (Å²) in [6.07, 6.45) is 1.22. The summed E-state index contributed by atoms with van der Waals surface area (Å²) in [5.74, 6) is -0.666. The highest BCUT2D eigenvalue weighted by molar-refractivity contribution is 9.10. The zero-order chi connectivity index (χ0) is 24.1. The molecular weight excluding hydrogens is 516 g/mol. The van der Waals surface area contributed by atoms with E-state index in [0.29, 0.717) is 15.8 Å². The van der Waals surface area contributed by atoms with E-state index in [4.69, 9.17) is 9.47 Å². The van der Waals surface area contributed by atoms with Gasteiger partial charge in [-0.1, -0.05) is 6.07 Å². The highest BCUT2D eigenvalue weighted by Gasteiger charge is 2.36. The number of rotatable bonds is 8. The molecule has 1 saturated heterocycles.